The highest BCUT2D eigenvalue weighted by Gasteiger charge is 2.33. The molecule has 1 aliphatic heterocycles. The normalized spacial score (nSPS) is 15.8. The highest BCUT2D eigenvalue weighted by atomic mass is 19.1. The van der Waals surface area contributed by atoms with Gasteiger partial charge in [0.25, 0.3) is 0 Å². The van der Waals surface area contributed by atoms with Gasteiger partial charge in [-0.15, -0.1) is 10.2 Å². The molecular weight excluding hydrogens is 427 g/mol. The van der Waals surface area contributed by atoms with Gasteiger partial charge in [-0.2, -0.15) is 0 Å². The summed E-state index contributed by atoms with van der Waals surface area (Å²) in [4.78, 5) is 2.30. The molecule has 2 heterocycles. The lowest BCUT2D eigenvalue weighted by Gasteiger charge is -2.38. The van der Waals surface area contributed by atoms with Crippen molar-refractivity contribution in [3.8, 4) is 17.2 Å². The number of rotatable bonds is 10. The van der Waals surface area contributed by atoms with Gasteiger partial charge in [-0.1, -0.05) is 6.07 Å². The van der Waals surface area contributed by atoms with Crippen molar-refractivity contribution >= 4 is 0 Å². The SMILES string of the molecule is COc1ccc(CN2CCC(O)(COc3ccc(F)cc3)CC2)cc1OCCn1cnnc1. The number of hydrogen-bond donors (Lipinski definition) is 1. The topological polar surface area (TPSA) is 81.9 Å². The molecule has 0 unspecified atom stereocenters. The zero-order valence-corrected chi connectivity index (χ0v) is 18.7. The summed E-state index contributed by atoms with van der Waals surface area (Å²) in [7, 11) is 1.63. The van der Waals surface area contributed by atoms with E-state index < -0.39 is 5.60 Å². The van der Waals surface area contributed by atoms with Gasteiger partial charge < -0.3 is 23.9 Å². The monoisotopic (exact) mass is 456 g/mol. The van der Waals surface area contributed by atoms with Crippen LogP contribution in [0.4, 0.5) is 4.39 Å². The summed E-state index contributed by atoms with van der Waals surface area (Å²) >= 11 is 0. The molecule has 1 aliphatic rings. The third-order valence-corrected chi connectivity index (χ3v) is 5.82. The second kappa shape index (κ2) is 10.6. The summed E-state index contributed by atoms with van der Waals surface area (Å²) in [5, 5.41) is 18.5. The maximum absolute atomic E-state index is 13.0. The molecule has 9 heteroatoms. The molecular formula is C24H29FN4O4. The Kier molecular flexibility index (Phi) is 7.41. The van der Waals surface area contributed by atoms with Gasteiger partial charge in [-0.05, 0) is 54.8 Å². The molecule has 8 nitrogen and oxygen atoms in total. The number of halogens is 1. The van der Waals surface area contributed by atoms with Gasteiger partial charge in [0.05, 0.1) is 13.7 Å². The number of methoxy groups -OCH3 is 1. The van der Waals surface area contributed by atoms with E-state index in [1.54, 1.807) is 31.9 Å². The van der Waals surface area contributed by atoms with Crippen LogP contribution in [0, 0.1) is 5.82 Å². The first kappa shape index (κ1) is 23.0. The Morgan fingerprint density at radius 1 is 1.00 bits per heavy atom. The van der Waals surface area contributed by atoms with Crippen LogP contribution < -0.4 is 14.2 Å². The van der Waals surface area contributed by atoms with Crippen molar-refractivity contribution < 1.29 is 23.7 Å². The molecule has 1 fully saturated rings. The van der Waals surface area contributed by atoms with Crippen molar-refractivity contribution in [3.05, 3.63) is 66.5 Å². The summed E-state index contributed by atoms with van der Waals surface area (Å²) in [5.41, 5.74) is 0.226. The van der Waals surface area contributed by atoms with E-state index in [4.69, 9.17) is 14.2 Å². The summed E-state index contributed by atoms with van der Waals surface area (Å²) in [6.45, 7) is 3.56. The minimum Gasteiger partial charge on any atom is -0.493 e. The van der Waals surface area contributed by atoms with Crippen molar-refractivity contribution in [2.45, 2.75) is 31.5 Å². The summed E-state index contributed by atoms with van der Waals surface area (Å²) in [6.07, 6.45) is 4.51. The molecule has 0 atom stereocenters. The minimum absolute atomic E-state index is 0.194. The van der Waals surface area contributed by atoms with Crippen molar-refractivity contribution in [2.75, 3.05) is 33.4 Å². The Morgan fingerprint density at radius 2 is 1.73 bits per heavy atom. The van der Waals surface area contributed by atoms with E-state index in [2.05, 4.69) is 15.1 Å². The van der Waals surface area contributed by atoms with Gasteiger partial charge >= 0.3 is 0 Å². The van der Waals surface area contributed by atoms with Crippen LogP contribution in [0.2, 0.25) is 0 Å². The maximum Gasteiger partial charge on any atom is 0.161 e. The standard InChI is InChI=1S/C24H29FN4O4/c1-31-22-7-2-19(14-23(22)32-13-12-29-17-26-27-18-29)15-28-10-8-24(30,9-11-28)16-33-21-5-3-20(25)4-6-21/h2-7,14,17-18,30H,8-13,15-16H2,1H3. The lowest BCUT2D eigenvalue weighted by Crippen LogP contribution is -2.47. The Labute approximate surface area is 192 Å². The Hall–Kier alpha value is -3.17. The molecule has 3 aromatic rings. The zero-order chi connectivity index (χ0) is 23.1. The molecule has 0 bridgehead atoms. The predicted molar refractivity (Wildman–Crippen MR) is 120 cm³/mol. The molecule has 0 spiro atoms. The molecule has 1 saturated heterocycles. The first-order valence-electron chi connectivity index (χ1n) is 11.0. The fourth-order valence-electron chi connectivity index (χ4n) is 3.81. The molecule has 0 aliphatic carbocycles. The number of aliphatic hydroxyl groups is 1. The van der Waals surface area contributed by atoms with E-state index in [0.717, 1.165) is 25.2 Å². The van der Waals surface area contributed by atoms with E-state index in [-0.39, 0.29) is 12.4 Å². The molecule has 2 aromatic carbocycles. The van der Waals surface area contributed by atoms with Crippen LogP contribution in [0.5, 0.6) is 17.2 Å². The molecule has 0 amide bonds. The van der Waals surface area contributed by atoms with Gasteiger partial charge in [0.2, 0.25) is 0 Å². The fraction of sp³-hybridized carbons (Fsp3) is 0.417. The van der Waals surface area contributed by atoms with E-state index in [1.165, 1.54) is 12.1 Å². The number of aromatic nitrogens is 3. The molecule has 1 aromatic heterocycles. The summed E-state index contributed by atoms with van der Waals surface area (Å²) < 4.78 is 32.0. The molecule has 1 N–H and O–H groups in total. The van der Waals surface area contributed by atoms with Crippen LogP contribution >= 0.6 is 0 Å². The summed E-state index contributed by atoms with van der Waals surface area (Å²) in [5.74, 6) is 1.64. The highest BCUT2D eigenvalue weighted by molar-refractivity contribution is 5.43. The van der Waals surface area contributed by atoms with E-state index in [9.17, 15) is 9.50 Å². The highest BCUT2D eigenvalue weighted by Crippen LogP contribution is 2.30. The Morgan fingerprint density at radius 3 is 2.42 bits per heavy atom. The number of hydrogen-bond acceptors (Lipinski definition) is 7. The van der Waals surface area contributed by atoms with Crippen LogP contribution in [-0.4, -0.2) is 63.8 Å². The number of likely N-dealkylation sites (tertiary alicyclic amines) is 1. The molecule has 0 radical (unpaired) electrons. The fourth-order valence-corrected chi connectivity index (χ4v) is 3.81. The third-order valence-electron chi connectivity index (χ3n) is 5.82. The average Bonchev–Trinajstić information content (AvgIpc) is 3.34. The number of piperidine rings is 1. The number of nitrogens with zero attached hydrogens (tertiary/aromatic N) is 4. The van der Waals surface area contributed by atoms with Gasteiger partial charge in [-0.3, -0.25) is 4.90 Å². The van der Waals surface area contributed by atoms with Gasteiger partial charge in [0.15, 0.2) is 11.5 Å². The van der Waals surface area contributed by atoms with Crippen molar-refractivity contribution in [1.29, 1.82) is 0 Å². The van der Waals surface area contributed by atoms with E-state index >= 15 is 0 Å². The van der Waals surface area contributed by atoms with Crippen molar-refractivity contribution in [1.82, 2.24) is 19.7 Å². The van der Waals surface area contributed by atoms with Crippen LogP contribution in [0.25, 0.3) is 0 Å². The minimum atomic E-state index is -0.888. The first-order chi connectivity index (χ1) is 16.0. The largest absolute Gasteiger partial charge is 0.493 e. The molecule has 176 valence electrons. The maximum atomic E-state index is 13.0. The lowest BCUT2D eigenvalue weighted by atomic mass is 9.92. The average molecular weight is 457 g/mol. The molecule has 33 heavy (non-hydrogen) atoms. The van der Waals surface area contributed by atoms with Crippen molar-refractivity contribution in [2.24, 2.45) is 0 Å². The Bertz CT molecular complexity index is 1010. The van der Waals surface area contributed by atoms with Crippen LogP contribution in [-0.2, 0) is 13.1 Å². The van der Waals surface area contributed by atoms with Crippen LogP contribution in [0.3, 0.4) is 0 Å². The van der Waals surface area contributed by atoms with Gasteiger partial charge in [-0.25, -0.2) is 4.39 Å². The predicted octanol–water partition coefficient (Wildman–Crippen LogP) is 2.91. The first-order valence-corrected chi connectivity index (χ1v) is 11.0. The van der Waals surface area contributed by atoms with Crippen molar-refractivity contribution in [3.63, 3.8) is 0 Å². The quantitative estimate of drug-likeness (QED) is 0.502. The number of ether oxygens (including phenoxy) is 3. The van der Waals surface area contributed by atoms with Crippen LogP contribution in [0.15, 0.2) is 55.1 Å². The summed E-state index contributed by atoms with van der Waals surface area (Å²) in [6, 6.07) is 11.8. The lowest BCUT2D eigenvalue weighted by molar-refractivity contribution is -0.0537. The van der Waals surface area contributed by atoms with Gasteiger partial charge in [0, 0.05) is 19.6 Å². The molecule has 4 rings (SSSR count). The molecule has 0 saturated carbocycles. The van der Waals surface area contributed by atoms with Gasteiger partial charge in [0.1, 0.15) is 43.0 Å². The van der Waals surface area contributed by atoms with E-state index in [1.807, 2.05) is 22.8 Å². The van der Waals surface area contributed by atoms with E-state index in [0.29, 0.717) is 43.2 Å². The Balaban J connectivity index is 1.27. The second-order valence-corrected chi connectivity index (χ2v) is 8.28. The third kappa shape index (κ3) is 6.43. The number of benzene rings is 2. The zero-order valence-electron chi connectivity index (χ0n) is 18.7. The van der Waals surface area contributed by atoms with Crippen LogP contribution in [0.1, 0.15) is 18.4 Å². The second-order valence-electron chi connectivity index (χ2n) is 8.28. The smallest absolute Gasteiger partial charge is 0.161 e.